The fourth-order valence-corrected chi connectivity index (χ4v) is 6.59. The first-order chi connectivity index (χ1) is 21.2. The smallest absolute Gasteiger partial charge is 0.251 e. The zero-order valence-corrected chi connectivity index (χ0v) is 28.2. The van der Waals surface area contributed by atoms with Gasteiger partial charge in [-0.3, -0.25) is 19.3 Å². The minimum absolute atomic E-state index is 0. The van der Waals surface area contributed by atoms with Crippen LogP contribution in [0, 0.1) is 5.92 Å². The van der Waals surface area contributed by atoms with Crippen LogP contribution in [0.25, 0.3) is 0 Å². The first kappa shape index (κ1) is 36.3. The van der Waals surface area contributed by atoms with Crippen LogP contribution in [-0.4, -0.2) is 77.0 Å². The van der Waals surface area contributed by atoms with Gasteiger partial charge in [0.15, 0.2) is 0 Å². The molecule has 0 bridgehead atoms. The first-order valence-electron chi connectivity index (χ1n) is 16.3. The summed E-state index contributed by atoms with van der Waals surface area (Å²) in [7, 11) is 1.61. The van der Waals surface area contributed by atoms with E-state index in [0.29, 0.717) is 43.8 Å². The monoisotopic (exact) mass is 642 g/mol. The minimum Gasteiger partial charge on any atom is -0.486 e. The fraction of sp³-hybridized carbons (Fsp3) is 0.571. The Morgan fingerprint density at radius 2 is 1.67 bits per heavy atom. The van der Waals surface area contributed by atoms with Gasteiger partial charge in [-0.15, -0.1) is 12.4 Å². The standard InChI is InChI=1S/C35H50N4O5.ClH/c1-6-9-20-39-33(42)30(31(40)26(7-2)8-3)37-34(43)35(39)18-21-38(22-19-35)23-25-10-12-27(13-11-25)24(4)44-29-16-14-28(15-17-29)32(41)36-5;/h10-17,24,26,30-31,40H,6-9,18-23H2,1-5H3,(H,36,41)(H,37,43);1H/t24?,30-,31-;/m1./s1. The number of rotatable bonds is 13. The van der Waals surface area contributed by atoms with Crippen molar-refractivity contribution < 1.29 is 24.2 Å². The van der Waals surface area contributed by atoms with E-state index < -0.39 is 17.7 Å². The normalized spacial score (nSPS) is 19.5. The third-order valence-electron chi connectivity index (χ3n) is 9.56. The quantitative estimate of drug-likeness (QED) is 0.288. The molecule has 9 nitrogen and oxygen atoms in total. The number of piperidine rings is 1. The van der Waals surface area contributed by atoms with Crippen LogP contribution in [-0.2, 0) is 16.1 Å². The maximum Gasteiger partial charge on any atom is 0.251 e. The molecule has 45 heavy (non-hydrogen) atoms. The van der Waals surface area contributed by atoms with Crippen molar-refractivity contribution in [2.24, 2.45) is 5.92 Å². The first-order valence-corrected chi connectivity index (χ1v) is 16.3. The summed E-state index contributed by atoms with van der Waals surface area (Å²) < 4.78 is 6.10. The molecule has 10 heteroatoms. The van der Waals surface area contributed by atoms with Crippen molar-refractivity contribution >= 4 is 30.1 Å². The number of benzene rings is 2. The van der Waals surface area contributed by atoms with Gasteiger partial charge in [0.1, 0.15) is 23.4 Å². The molecule has 0 radical (unpaired) electrons. The molecule has 4 rings (SSSR count). The summed E-state index contributed by atoms with van der Waals surface area (Å²) in [4.78, 5) is 43.4. The molecule has 2 heterocycles. The van der Waals surface area contributed by atoms with Crippen molar-refractivity contribution in [3.8, 4) is 5.75 Å². The number of aliphatic hydroxyl groups is 1. The summed E-state index contributed by atoms with van der Waals surface area (Å²) in [6.07, 6.45) is 3.38. The molecular formula is C35H51ClN4O5. The number of halogens is 1. The van der Waals surface area contributed by atoms with E-state index in [2.05, 4.69) is 46.7 Å². The highest BCUT2D eigenvalue weighted by Crippen LogP contribution is 2.35. The lowest BCUT2D eigenvalue weighted by Crippen LogP contribution is -2.75. The molecule has 3 amide bonds. The number of nitrogens with one attached hydrogen (secondary N) is 2. The highest BCUT2D eigenvalue weighted by Gasteiger charge is 2.55. The number of likely N-dealkylation sites (tertiary alicyclic amines) is 1. The third-order valence-corrected chi connectivity index (χ3v) is 9.56. The van der Waals surface area contributed by atoms with Crippen molar-refractivity contribution in [1.82, 2.24) is 20.4 Å². The number of amides is 3. The molecule has 2 aliphatic rings. The summed E-state index contributed by atoms with van der Waals surface area (Å²) >= 11 is 0. The highest BCUT2D eigenvalue weighted by molar-refractivity contribution is 6.00. The van der Waals surface area contributed by atoms with Crippen LogP contribution in [0.1, 0.15) is 93.8 Å². The van der Waals surface area contributed by atoms with E-state index in [1.54, 1.807) is 31.3 Å². The second kappa shape index (κ2) is 16.4. The highest BCUT2D eigenvalue weighted by atomic mass is 35.5. The Hall–Kier alpha value is -3.14. The number of carbonyl (C=O) groups is 3. The van der Waals surface area contributed by atoms with Gasteiger partial charge in [-0.25, -0.2) is 0 Å². The van der Waals surface area contributed by atoms with E-state index in [1.165, 1.54) is 5.56 Å². The molecule has 2 aromatic rings. The Labute approximate surface area is 274 Å². The van der Waals surface area contributed by atoms with E-state index in [0.717, 1.165) is 37.8 Å². The van der Waals surface area contributed by atoms with Gasteiger partial charge in [0.2, 0.25) is 11.8 Å². The number of unbranched alkanes of at least 4 members (excludes halogenated alkanes) is 1. The number of ether oxygens (including phenoxy) is 1. The van der Waals surface area contributed by atoms with E-state index in [9.17, 15) is 19.5 Å². The Bertz CT molecular complexity index is 1260. The van der Waals surface area contributed by atoms with Crippen molar-refractivity contribution in [3.05, 3.63) is 65.2 Å². The van der Waals surface area contributed by atoms with Crippen LogP contribution in [0.15, 0.2) is 48.5 Å². The zero-order chi connectivity index (χ0) is 31.9. The van der Waals surface area contributed by atoms with E-state index in [-0.39, 0.29) is 42.2 Å². The number of carbonyl (C=O) groups excluding carboxylic acids is 3. The molecule has 2 fully saturated rings. The summed E-state index contributed by atoms with van der Waals surface area (Å²) in [5, 5.41) is 16.6. The number of aliphatic hydroxyl groups excluding tert-OH is 1. The van der Waals surface area contributed by atoms with E-state index >= 15 is 0 Å². The maximum absolute atomic E-state index is 13.8. The van der Waals surface area contributed by atoms with Gasteiger partial charge in [-0.1, -0.05) is 64.3 Å². The van der Waals surface area contributed by atoms with Gasteiger partial charge in [0.05, 0.1) is 6.10 Å². The Morgan fingerprint density at radius 3 is 2.22 bits per heavy atom. The molecule has 2 aliphatic heterocycles. The SMILES string of the molecule is CCCCN1C(=O)[C@@H]([C@H](O)C(CC)CC)NC(=O)C12CCN(Cc1ccc(C(C)Oc3ccc(C(=O)NC)cc3)cc1)CC2.Cl. The molecule has 2 aromatic carbocycles. The largest absolute Gasteiger partial charge is 0.486 e. The maximum atomic E-state index is 13.8. The molecule has 3 atom stereocenters. The Kier molecular flexibility index (Phi) is 13.3. The van der Waals surface area contributed by atoms with Crippen LogP contribution >= 0.6 is 12.4 Å². The molecule has 3 N–H and O–H groups in total. The van der Waals surface area contributed by atoms with Crippen molar-refractivity contribution in [3.63, 3.8) is 0 Å². The van der Waals surface area contributed by atoms with Gasteiger partial charge in [0.25, 0.3) is 5.91 Å². The topological polar surface area (TPSA) is 111 Å². The predicted octanol–water partition coefficient (Wildman–Crippen LogP) is 4.87. The predicted molar refractivity (Wildman–Crippen MR) is 178 cm³/mol. The van der Waals surface area contributed by atoms with E-state index in [1.807, 2.05) is 25.7 Å². The summed E-state index contributed by atoms with van der Waals surface area (Å²) in [6.45, 7) is 10.8. The summed E-state index contributed by atoms with van der Waals surface area (Å²) in [5.74, 6) is 0.279. The number of piperazine rings is 1. The Balaban J connectivity index is 0.00000552. The molecule has 2 saturated heterocycles. The molecule has 0 aliphatic carbocycles. The minimum atomic E-state index is -0.881. The lowest BCUT2D eigenvalue weighted by atomic mass is 9.79. The van der Waals surface area contributed by atoms with Crippen LogP contribution in [0.3, 0.4) is 0 Å². The zero-order valence-electron chi connectivity index (χ0n) is 27.4. The van der Waals surface area contributed by atoms with Crippen molar-refractivity contribution in [2.45, 2.75) is 96.6 Å². The molecule has 0 aromatic heterocycles. The fourth-order valence-electron chi connectivity index (χ4n) is 6.59. The average Bonchev–Trinajstić information content (AvgIpc) is 3.04. The number of hydrogen-bond donors (Lipinski definition) is 3. The Morgan fingerprint density at radius 1 is 1.04 bits per heavy atom. The lowest BCUT2D eigenvalue weighted by Gasteiger charge is -2.52. The number of hydrogen-bond acceptors (Lipinski definition) is 6. The van der Waals surface area contributed by atoms with Gasteiger partial charge in [0, 0.05) is 38.8 Å². The average molecular weight is 643 g/mol. The van der Waals surface area contributed by atoms with Crippen LogP contribution < -0.4 is 15.4 Å². The van der Waals surface area contributed by atoms with Gasteiger partial charge in [-0.05, 0) is 67.5 Å². The van der Waals surface area contributed by atoms with Crippen molar-refractivity contribution in [1.29, 1.82) is 0 Å². The molecule has 1 unspecified atom stereocenters. The van der Waals surface area contributed by atoms with Crippen molar-refractivity contribution in [2.75, 3.05) is 26.7 Å². The third kappa shape index (κ3) is 8.18. The molecule has 1 spiro atoms. The van der Waals surface area contributed by atoms with Crippen LogP contribution in [0.4, 0.5) is 0 Å². The second-order valence-electron chi connectivity index (χ2n) is 12.3. The van der Waals surface area contributed by atoms with E-state index in [4.69, 9.17) is 4.74 Å². The summed E-state index contributed by atoms with van der Waals surface area (Å²) in [6, 6.07) is 14.6. The number of nitrogens with zero attached hydrogens (tertiary/aromatic N) is 2. The van der Waals surface area contributed by atoms with Crippen LogP contribution in [0.5, 0.6) is 5.75 Å². The van der Waals surface area contributed by atoms with Crippen LogP contribution in [0.2, 0.25) is 0 Å². The van der Waals surface area contributed by atoms with Gasteiger partial charge < -0.3 is 25.4 Å². The van der Waals surface area contributed by atoms with Gasteiger partial charge in [-0.2, -0.15) is 0 Å². The molecule has 248 valence electrons. The molecular weight excluding hydrogens is 592 g/mol. The molecule has 0 saturated carbocycles. The summed E-state index contributed by atoms with van der Waals surface area (Å²) in [5.41, 5.74) is 1.95. The second-order valence-corrected chi connectivity index (χ2v) is 12.3. The van der Waals surface area contributed by atoms with Gasteiger partial charge >= 0.3 is 0 Å². The lowest BCUT2D eigenvalue weighted by molar-refractivity contribution is -0.165.